The van der Waals surface area contributed by atoms with E-state index in [2.05, 4.69) is 16.0 Å². The maximum Gasteiger partial charge on any atom is 0.224 e. The van der Waals surface area contributed by atoms with Crippen LogP contribution in [0, 0.1) is 0 Å². The number of carbonyl (C=O) groups excluding carboxylic acids is 2. The third-order valence-corrected chi connectivity index (χ3v) is 3.95. The number of benzene rings is 1. The summed E-state index contributed by atoms with van der Waals surface area (Å²) < 4.78 is 5.71. The maximum atomic E-state index is 11.8. The van der Waals surface area contributed by atoms with E-state index in [0.717, 1.165) is 30.0 Å². The highest BCUT2D eigenvalue weighted by Crippen LogP contribution is 2.26. The molecule has 0 fully saturated rings. The van der Waals surface area contributed by atoms with Crippen LogP contribution in [-0.2, 0) is 16.0 Å². The minimum absolute atomic E-state index is 0.0523. The van der Waals surface area contributed by atoms with Crippen molar-refractivity contribution in [3.63, 3.8) is 0 Å². The molecule has 0 aliphatic carbocycles. The first kappa shape index (κ1) is 18.3. The number of hydrogen-bond acceptors (Lipinski definition) is 4. The fourth-order valence-electron chi connectivity index (χ4n) is 2.65. The van der Waals surface area contributed by atoms with Crippen LogP contribution in [0.3, 0.4) is 0 Å². The summed E-state index contributed by atoms with van der Waals surface area (Å²) in [5, 5.41) is 9.01. The largest absolute Gasteiger partial charge is 0.494 e. The molecule has 1 heterocycles. The molecule has 1 aromatic carbocycles. The monoisotopic (exact) mass is 333 g/mol. The van der Waals surface area contributed by atoms with Crippen LogP contribution in [0.25, 0.3) is 0 Å². The van der Waals surface area contributed by atoms with Crippen molar-refractivity contribution in [2.24, 2.45) is 0 Å². The van der Waals surface area contributed by atoms with Gasteiger partial charge in [0.1, 0.15) is 5.75 Å². The number of hydrogen-bond donors (Lipinski definition) is 3. The molecular formula is C18H27N3O3. The molecule has 0 spiro atoms. The number of likely N-dealkylation sites (N-methyl/N-ethyl adjacent to an activating group) is 1. The van der Waals surface area contributed by atoms with Gasteiger partial charge in [-0.1, -0.05) is 6.92 Å². The third kappa shape index (κ3) is 5.85. The van der Waals surface area contributed by atoms with E-state index in [4.69, 9.17) is 4.74 Å². The highest BCUT2D eigenvalue weighted by Gasteiger charge is 2.15. The second-order valence-corrected chi connectivity index (χ2v) is 6.08. The molecule has 0 unspecified atom stereocenters. The molecule has 3 N–H and O–H groups in total. The zero-order valence-electron chi connectivity index (χ0n) is 14.5. The van der Waals surface area contributed by atoms with Crippen molar-refractivity contribution in [3.05, 3.63) is 23.8 Å². The smallest absolute Gasteiger partial charge is 0.224 e. The summed E-state index contributed by atoms with van der Waals surface area (Å²) in [6.07, 6.45) is 2.39. The number of fused-ring (bicyclic) bond motifs is 1. The lowest BCUT2D eigenvalue weighted by molar-refractivity contribution is -0.121. The molecule has 2 amide bonds. The molecule has 1 aliphatic rings. The van der Waals surface area contributed by atoms with E-state index in [0.29, 0.717) is 32.4 Å². The Kier molecular flexibility index (Phi) is 7.06. The number of ether oxygens (including phenoxy) is 1. The van der Waals surface area contributed by atoms with Gasteiger partial charge in [-0.05, 0) is 50.1 Å². The van der Waals surface area contributed by atoms with Gasteiger partial charge < -0.3 is 20.7 Å². The van der Waals surface area contributed by atoms with Crippen LogP contribution in [-0.4, -0.2) is 37.6 Å². The lowest BCUT2D eigenvalue weighted by Crippen LogP contribution is -2.38. The number of carbonyl (C=O) groups is 2. The summed E-state index contributed by atoms with van der Waals surface area (Å²) in [7, 11) is 0. The van der Waals surface area contributed by atoms with Crippen LogP contribution < -0.4 is 20.7 Å². The van der Waals surface area contributed by atoms with Gasteiger partial charge in [0.15, 0.2) is 0 Å². The Hall–Kier alpha value is -2.08. The summed E-state index contributed by atoms with van der Waals surface area (Å²) in [5.74, 6) is 0.896. The van der Waals surface area contributed by atoms with Crippen molar-refractivity contribution in [2.45, 2.75) is 45.6 Å². The topological polar surface area (TPSA) is 79.5 Å². The number of anilines is 1. The summed E-state index contributed by atoms with van der Waals surface area (Å²) >= 11 is 0. The maximum absolute atomic E-state index is 11.8. The van der Waals surface area contributed by atoms with Crippen LogP contribution in [0.2, 0.25) is 0 Å². The fourth-order valence-corrected chi connectivity index (χ4v) is 2.65. The van der Waals surface area contributed by atoms with E-state index in [9.17, 15) is 9.59 Å². The predicted molar refractivity (Wildman–Crippen MR) is 94.3 cm³/mol. The molecule has 0 radical (unpaired) electrons. The second kappa shape index (κ2) is 9.27. The van der Waals surface area contributed by atoms with Crippen molar-refractivity contribution >= 4 is 17.5 Å². The average Bonchev–Trinajstić information content (AvgIpc) is 2.57. The lowest BCUT2D eigenvalue weighted by Gasteiger charge is -2.17. The van der Waals surface area contributed by atoms with Gasteiger partial charge in [-0.3, -0.25) is 9.59 Å². The predicted octanol–water partition coefficient (Wildman–Crippen LogP) is 1.84. The Morgan fingerprint density at radius 1 is 1.38 bits per heavy atom. The summed E-state index contributed by atoms with van der Waals surface area (Å²) in [5.41, 5.74) is 1.97. The summed E-state index contributed by atoms with van der Waals surface area (Å²) in [4.78, 5) is 23.1. The van der Waals surface area contributed by atoms with Crippen LogP contribution in [0.5, 0.6) is 5.75 Å². The first-order valence-electron chi connectivity index (χ1n) is 8.64. The molecule has 1 aromatic rings. The summed E-state index contributed by atoms with van der Waals surface area (Å²) in [6.45, 7) is 6.14. The second-order valence-electron chi connectivity index (χ2n) is 6.08. The van der Waals surface area contributed by atoms with Gasteiger partial charge in [0.25, 0.3) is 0 Å². The quantitative estimate of drug-likeness (QED) is 0.603. The lowest BCUT2D eigenvalue weighted by atomic mass is 10.0. The van der Waals surface area contributed by atoms with Crippen molar-refractivity contribution in [1.29, 1.82) is 0 Å². The molecule has 0 bridgehead atoms. The highest BCUT2D eigenvalue weighted by atomic mass is 16.5. The van der Waals surface area contributed by atoms with E-state index in [1.54, 1.807) is 0 Å². The Balaban J connectivity index is 1.65. The van der Waals surface area contributed by atoms with Crippen molar-refractivity contribution in [2.75, 3.05) is 25.0 Å². The van der Waals surface area contributed by atoms with Gasteiger partial charge in [-0.15, -0.1) is 0 Å². The Morgan fingerprint density at radius 3 is 3.00 bits per heavy atom. The molecule has 132 valence electrons. The molecule has 0 aromatic heterocycles. The third-order valence-electron chi connectivity index (χ3n) is 3.95. The van der Waals surface area contributed by atoms with Crippen molar-refractivity contribution in [3.8, 4) is 5.75 Å². The zero-order chi connectivity index (χ0) is 17.4. The normalized spacial score (nSPS) is 14.5. The van der Waals surface area contributed by atoms with E-state index >= 15 is 0 Å². The van der Waals surface area contributed by atoms with Gasteiger partial charge in [-0.2, -0.15) is 0 Å². The van der Waals surface area contributed by atoms with Crippen molar-refractivity contribution in [1.82, 2.24) is 10.6 Å². The molecular weight excluding hydrogens is 306 g/mol. The molecule has 6 heteroatoms. The molecule has 1 atom stereocenters. The van der Waals surface area contributed by atoms with Gasteiger partial charge in [0.2, 0.25) is 11.8 Å². The van der Waals surface area contributed by atoms with E-state index < -0.39 is 0 Å². The Labute approximate surface area is 143 Å². The van der Waals surface area contributed by atoms with Gasteiger partial charge in [0.05, 0.1) is 6.61 Å². The minimum Gasteiger partial charge on any atom is -0.494 e. The average molecular weight is 333 g/mol. The number of nitrogens with one attached hydrogen (secondary N) is 3. The number of aryl methyl sites for hydroxylation is 1. The van der Waals surface area contributed by atoms with Gasteiger partial charge in [-0.25, -0.2) is 0 Å². The van der Waals surface area contributed by atoms with Crippen LogP contribution in [0.4, 0.5) is 5.69 Å². The number of rotatable bonds is 9. The van der Waals surface area contributed by atoms with Crippen LogP contribution in [0.1, 0.15) is 38.7 Å². The molecule has 2 rings (SSSR count). The van der Waals surface area contributed by atoms with E-state index in [1.807, 2.05) is 32.0 Å². The van der Waals surface area contributed by atoms with Crippen LogP contribution >= 0.6 is 0 Å². The van der Waals surface area contributed by atoms with Gasteiger partial charge in [0, 0.05) is 31.1 Å². The first-order valence-corrected chi connectivity index (χ1v) is 8.64. The zero-order valence-corrected chi connectivity index (χ0v) is 14.5. The molecule has 0 saturated heterocycles. The first-order chi connectivity index (χ1) is 11.6. The fraction of sp³-hybridized carbons (Fsp3) is 0.556. The van der Waals surface area contributed by atoms with Gasteiger partial charge >= 0.3 is 0 Å². The van der Waals surface area contributed by atoms with E-state index in [1.165, 1.54) is 0 Å². The standard InChI is InChI=1S/C18H27N3O3/c1-3-19-13(2)12-20-17(22)5-4-10-24-15-7-8-16-14(11-15)6-9-18(23)21-16/h7-8,11,13,19H,3-6,9-10,12H2,1-2H3,(H,20,22)(H,21,23)/t13-/m1/s1. The summed E-state index contributed by atoms with van der Waals surface area (Å²) in [6, 6.07) is 5.97. The molecule has 1 aliphatic heterocycles. The van der Waals surface area contributed by atoms with Crippen molar-refractivity contribution < 1.29 is 14.3 Å². The minimum atomic E-state index is 0.0523. The Morgan fingerprint density at radius 2 is 2.21 bits per heavy atom. The number of amides is 2. The molecule has 0 saturated carbocycles. The van der Waals surface area contributed by atoms with Crippen LogP contribution in [0.15, 0.2) is 18.2 Å². The van der Waals surface area contributed by atoms with E-state index in [-0.39, 0.29) is 17.9 Å². The highest BCUT2D eigenvalue weighted by molar-refractivity contribution is 5.94. The SMILES string of the molecule is CCN[C@H](C)CNC(=O)CCCOc1ccc2c(c1)CCC(=O)N2. The molecule has 24 heavy (non-hydrogen) atoms. The molecule has 6 nitrogen and oxygen atoms in total. The Bertz CT molecular complexity index is 575.